The summed E-state index contributed by atoms with van der Waals surface area (Å²) in [4.78, 5) is 22.9. The molecule has 0 aromatic carbocycles. The second-order valence-corrected chi connectivity index (χ2v) is 5.53. The molecule has 0 bridgehead atoms. The lowest BCUT2D eigenvalue weighted by Gasteiger charge is -2.35. The Balaban J connectivity index is 5.00. The van der Waals surface area contributed by atoms with Crippen LogP contribution in [0.4, 0.5) is 0 Å². The molecule has 0 radical (unpaired) electrons. The molecule has 0 aliphatic rings. The fraction of sp³-hybridized carbons (Fsp3) is 0.571. The highest BCUT2D eigenvalue weighted by atomic mass is 16.3. The summed E-state index contributed by atoms with van der Waals surface area (Å²) in [5.74, 6) is -1.27. The van der Waals surface area contributed by atoms with Crippen molar-refractivity contribution in [3.63, 3.8) is 0 Å². The van der Waals surface area contributed by atoms with Crippen molar-refractivity contribution < 1.29 is 24.9 Å². The Kier molecular flexibility index (Phi) is 5.38. The van der Waals surface area contributed by atoms with E-state index in [-0.39, 0.29) is 12.8 Å². The Morgan fingerprint density at radius 3 is 1.37 bits per heavy atom. The minimum Gasteiger partial charge on any atom is -0.390 e. The van der Waals surface area contributed by atoms with Gasteiger partial charge < -0.3 is 15.3 Å². The van der Waals surface area contributed by atoms with Gasteiger partial charge in [-0.3, -0.25) is 9.59 Å². The summed E-state index contributed by atoms with van der Waals surface area (Å²) in [6.07, 6.45) is 1.27. The summed E-state index contributed by atoms with van der Waals surface area (Å²) >= 11 is 0. The first-order chi connectivity index (χ1) is 8.38. The first-order valence-electron chi connectivity index (χ1n) is 5.89. The number of hydrogen-bond acceptors (Lipinski definition) is 5. The topological polar surface area (TPSA) is 94.8 Å². The van der Waals surface area contributed by atoms with Crippen molar-refractivity contribution in [2.75, 3.05) is 0 Å². The molecule has 0 saturated heterocycles. The minimum absolute atomic E-state index is 0.328. The van der Waals surface area contributed by atoms with E-state index >= 15 is 0 Å². The molecule has 2 unspecified atom stereocenters. The summed E-state index contributed by atoms with van der Waals surface area (Å²) in [6, 6.07) is 0. The van der Waals surface area contributed by atoms with Crippen LogP contribution in [0.1, 0.15) is 33.6 Å². The van der Waals surface area contributed by atoms with Crippen LogP contribution in [0.2, 0.25) is 0 Å². The molecule has 0 aliphatic heterocycles. The Hall–Kier alpha value is -1.30. The number of ketones is 2. The molecular weight excluding hydrogens is 248 g/mol. The molecule has 108 valence electrons. The molecule has 2 atom stereocenters. The highest BCUT2D eigenvalue weighted by molar-refractivity contribution is 5.96. The zero-order valence-corrected chi connectivity index (χ0v) is 11.6. The molecule has 0 heterocycles. The van der Waals surface area contributed by atoms with Gasteiger partial charge in [0.25, 0.3) is 0 Å². The molecule has 19 heavy (non-hydrogen) atoms. The van der Waals surface area contributed by atoms with Gasteiger partial charge in [-0.1, -0.05) is 13.2 Å². The van der Waals surface area contributed by atoms with E-state index in [1.807, 2.05) is 0 Å². The average Bonchev–Trinajstić information content (AvgIpc) is 2.23. The van der Waals surface area contributed by atoms with E-state index in [1.54, 1.807) is 0 Å². The smallest absolute Gasteiger partial charge is 0.186 e. The summed E-state index contributed by atoms with van der Waals surface area (Å²) in [7, 11) is 0. The maximum atomic E-state index is 11.4. The minimum atomic E-state index is -1.81. The fourth-order valence-electron chi connectivity index (χ4n) is 2.16. The van der Waals surface area contributed by atoms with Gasteiger partial charge in [-0.15, -0.1) is 0 Å². The molecule has 0 aliphatic carbocycles. The lowest BCUT2D eigenvalue weighted by Crippen LogP contribution is -2.48. The van der Waals surface area contributed by atoms with E-state index in [0.717, 1.165) is 12.2 Å². The van der Waals surface area contributed by atoms with Crippen molar-refractivity contribution in [3.8, 4) is 0 Å². The number of rotatable bonds is 8. The standard InChI is InChI=1S/C14H22O5/c1-6-10(15)13(4,18)8-12(3,17)9-14(5,19)11(16)7-2/h6-7,17-19H,1-2,8-9H2,3-5H3. The highest BCUT2D eigenvalue weighted by Crippen LogP contribution is 2.30. The third-order valence-corrected chi connectivity index (χ3v) is 2.88. The molecule has 0 aromatic heterocycles. The molecular formula is C14H22O5. The van der Waals surface area contributed by atoms with Gasteiger partial charge in [-0.25, -0.2) is 0 Å². The first kappa shape index (κ1) is 17.7. The third kappa shape index (κ3) is 5.06. The SMILES string of the molecule is C=CC(=O)C(C)(O)CC(C)(O)CC(C)(O)C(=O)C=C. The molecule has 0 spiro atoms. The first-order valence-corrected chi connectivity index (χ1v) is 5.89. The van der Waals surface area contributed by atoms with Gasteiger partial charge >= 0.3 is 0 Å². The Bertz CT molecular complexity index is 355. The van der Waals surface area contributed by atoms with Gasteiger partial charge in [0.05, 0.1) is 5.60 Å². The van der Waals surface area contributed by atoms with E-state index in [1.165, 1.54) is 20.8 Å². The maximum absolute atomic E-state index is 11.4. The summed E-state index contributed by atoms with van der Waals surface area (Å²) in [5, 5.41) is 30.1. The van der Waals surface area contributed by atoms with Crippen molar-refractivity contribution in [1.82, 2.24) is 0 Å². The van der Waals surface area contributed by atoms with Crippen LogP contribution in [0.3, 0.4) is 0 Å². The van der Waals surface area contributed by atoms with Crippen LogP contribution in [0.5, 0.6) is 0 Å². The second-order valence-electron chi connectivity index (χ2n) is 5.53. The molecule has 3 N–H and O–H groups in total. The van der Waals surface area contributed by atoms with Gasteiger partial charge in [0, 0.05) is 12.8 Å². The Morgan fingerprint density at radius 2 is 1.16 bits per heavy atom. The van der Waals surface area contributed by atoms with Crippen molar-refractivity contribution in [2.24, 2.45) is 0 Å². The van der Waals surface area contributed by atoms with Crippen molar-refractivity contribution in [1.29, 1.82) is 0 Å². The molecule has 0 aromatic rings. The average molecular weight is 270 g/mol. The second kappa shape index (κ2) is 5.77. The van der Waals surface area contributed by atoms with Crippen molar-refractivity contribution in [3.05, 3.63) is 25.3 Å². The van der Waals surface area contributed by atoms with E-state index < -0.39 is 28.4 Å². The van der Waals surface area contributed by atoms with Crippen LogP contribution in [0.15, 0.2) is 25.3 Å². The van der Waals surface area contributed by atoms with Crippen molar-refractivity contribution in [2.45, 2.75) is 50.4 Å². The zero-order chi connectivity index (χ0) is 15.5. The van der Waals surface area contributed by atoms with E-state index in [0.29, 0.717) is 0 Å². The maximum Gasteiger partial charge on any atom is 0.186 e. The number of hydrogen-bond donors (Lipinski definition) is 3. The molecule has 0 saturated carbocycles. The summed E-state index contributed by atoms with van der Waals surface area (Å²) in [5.41, 5.74) is -5.22. The van der Waals surface area contributed by atoms with Gasteiger partial charge in [-0.2, -0.15) is 0 Å². The van der Waals surface area contributed by atoms with Gasteiger partial charge in [-0.05, 0) is 32.9 Å². The summed E-state index contributed by atoms with van der Waals surface area (Å²) in [6.45, 7) is 10.4. The predicted octanol–water partition coefficient (Wildman–Crippen LogP) is 0.530. The Labute approximate surface area is 113 Å². The molecule has 0 fully saturated rings. The van der Waals surface area contributed by atoms with E-state index in [9.17, 15) is 24.9 Å². The van der Waals surface area contributed by atoms with Crippen LogP contribution in [0.25, 0.3) is 0 Å². The quantitative estimate of drug-likeness (QED) is 0.559. The molecule has 0 amide bonds. The van der Waals surface area contributed by atoms with Gasteiger partial charge in [0.2, 0.25) is 0 Å². The predicted molar refractivity (Wildman–Crippen MR) is 71.5 cm³/mol. The van der Waals surface area contributed by atoms with Crippen LogP contribution < -0.4 is 0 Å². The molecule has 5 heteroatoms. The Morgan fingerprint density at radius 1 is 0.895 bits per heavy atom. The number of carbonyl (C=O) groups excluding carboxylic acids is 2. The lowest BCUT2D eigenvalue weighted by atomic mass is 9.79. The van der Waals surface area contributed by atoms with Crippen LogP contribution in [0, 0.1) is 0 Å². The molecule has 5 nitrogen and oxygen atoms in total. The normalized spacial score (nSPS) is 20.5. The fourth-order valence-corrected chi connectivity index (χ4v) is 2.16. The van der Waals surface area contributed by atoms with Gasteiger partial charge in [0.1, 0.15) is 11.2 Å². The molecule has 0 rings (SSSR count). The van der Waals surface area contributed by atoms with E-state index in [4.69, 9.17) is 0 Å². The monoisotopic (exact) mass is 270 g/mol. The number of carbonyl (C=O) groups is 2. The third-order valence-electron chi connectivity index (χ3n) is 2.88. The largest absolute Gasteiger partial charge is 0.390 e. The van der Waals surface area contributed by atoms with Crippen molar-refractivity contribution >= 4 is 11.6 Å². The number of aliphatic hydroxyl groups is 3. The lowest BCUT2D eigenvalue weighted by molar-refractivity contribution is -0.146. The van der Waals surface area contributed by atoms with Gasteiger partial charge in [0.15, 0.2) is 11.6 Å². The van der Waals surface area contributed by atoms with Crippen LogP contribution in [-0.4, -0.2) is 43.7 Å². The summed E-state index contributed by atoms with van der Waals surface area (Å²) < 4.78 is 0. The zero-order valence-electron chi connectivity index (χ0n) is 11.6. The van der Waals surface area contributed by atoms with Crippen LogP contribution in [-0.2, 0) is 9.59 Å². The van der Waals surface area contributed by atoms with Crippen LogP contribution >= 0.6 is 0 Å². The van der Waals surface area contributed by atoms with E-state index in [2.05, 4.69) is 13.2 Å². The highest BCUT2D eigenvalue weighted by Gasteiger charge is 2.42.